The second-order valence-electron chi connectivity index (χ2n) is 3.48. The van der Waals surface area contributed by atoms with Gasteiger partial charge in [0, 0.05) is 12.6 Å². The zero-order valence-corrected chi connectivity index (χ0v) is 10.4. The molecule has 1 aromatic carbocycles. The van der Waals surface area contributed by atoms with Crippen molar-refractivity contribution in [2.24, 2.45) is 0 Å². The first-order chi connectivity index (χ1) is 8.70. The van der Waals surface area contributed by atoms with Crippen LogP contribution in [0, 0.1) is 5.82 Å². The summed E-state index contributed by atoms with van der Waals surface area (Å²) in [5.41, 5.74) is 0.443. The molecular formula is C12H11ClFN3O. The van der Waals surface area contributed by atoms with Gasteiger partial charge in [0.1, 0.15) is 17.4 Å². The van der Waals surface area contributed by atoms with Gasteiger partial charge in [-0.05, 0) is 6.07 Å². The highest BCUT2D eigenvalue weighted by Gasteiger charge is 2.08. The van der Waals surface area contributed by atoms with Gasteiger partial charge in [-0.25, -0.2) is 9.37 Å². The molecule has 0 radical (unpaired) electrons. The molecule has 0 aliphatic rings. The van der Waals surface area contributed by atoms with Crippen molar-refractivity contribution in [3.63, 3.8) is 0 Å². The Morgan fingerprint density at radius 2 is 2.17 bits per heavy atom. The van der Waals surface area contributed by atoms with E-state index in [0.717, 1.165) is 0 Å². The predicted octanol–water partition coefficient (Wildman–Crippen LogP) is 2.89. The Bertz CT molecular complexity index is 551. The molecule has 0 saturated carbocycles. The van der Waals surface area contributed by atoms with E-state index in [1.54, 1.807) is 25.2 Å². The van der Waals surface area contributed by atoms with Gasteiger partial charge in [0.05, 0.1) is 6.20 Å². The van der Waals surface area contributed by atoms with Crippen molar-refractivity contribution in [2.75, 3.05) is 12.4 Å². The van der Waals surface area contributed by atoms with Crippen LogP contribution < -0.4 is 10.1 Å². The van der Waals surface area contributed by atoms with E-state index in [9.17, 15) is 4.39 Å². The van der Waals surface area contributed by atoms with Gasteiger partial charge in [-0.15, -0.1) is 0 Å². The number of nitrogens with zero attached hydrogens (tertiary/aromatic N) is 2. The first-order valence-electron chi connectivity index (χ1n) is 5.27. The summed E-state index contributed by atoms with van der Waals surface area (Å²) in [4.78, 5) is 7.96. The van der Waals surface area contributed by atoms with E-state index in [1.807, 2.05) is 0 Å². The van der Waals surface area contributed by atoms with Crippen molar-refractivity contribution in [1.29, 1.82) is 0 Å². The second kappa shape index (κ2) is 5.64. The molecule has 4 nitrogen and oxygen atoms in total. The van der Waals surface area contributed by atoms with Crippen LogP contribution in [0.15, 0.2) is 30.5 Å². The quantitative estimate of drug-likeness (QED) is 0.925. The molecule has 1 heterocycles. The summed E-state index contributed by atoms with van der Waals surface area (Å²) in [6, 6.07) is 6.38. The summed E-state index contributed by atoms with van der Waals surface area (Å²) in [5.74, 6) is 0.290. The molecule has 0 amide bonds. The van der Waals surface area contributed by atoms with Gasteiger partial charge >= 0.3 is 0 Å². The molecular weight excluding hydrogens is 257 g/mol. The third-order valence-corrected chi connectivity index (χ3v) is 2.52. The molecule has 0 spiro atoms. The molecule has 94 valence electrons. The fraction of sp³-hybridized carbons (Fsp3) is 0.167. The second-order valence-corrected chi connectivity index (χ2v) is 3.88. The van der Waals surface area contributed by atoms with E-state index >= 15 is 0 Å². The lowest BCUT2D eigenvalue weighted by Gasteiger charge is -2.08. The third-order valence-electron chi connectivity index (χ3n) is 2.26. The van der Waals surface area contributed by atoms with E-state index in [4.69, 9.17) is 16.3 Å². The van der Waals surface area contributed by atoms with Gasteiger partial charge in [0.2, 0.25) is 11.8 Å². The molecule has 0 atom stereocenters. The summed E-state index contributed by atoms with van der Waals surface area (Å²) in [5, 5.41) is 3.05. The van der Waals surface area contributed by atoms with Crippen LogP contribution in [0.4, 0.5) is 10.3 Å². The maximum atomic E-state index is 13.4. The summed E-state index contributed by atoms with van der Waals surface area (Å²) in [7, 11) is 1.68. The van der Waals surface area contributed by atoms with Crippen LogP contribution in [0.3, 0.4) is 0 Å². The van der Waals surface area contributed by atoms with Gasteiger partial charge in [0.15, 0.2) is 0 Å². The van der Waals surface area contributed by atoms with Crippen LogP contribution in [-0.2, 0) is 6.61 Å². The predicted molar refractivity (Wildman–Crippen MR) is 67.3 cm³/mol. The van der Waals surface area contributed by atoms with Crippen molar-refractivity contribution in [3.05, 3.63) is 46.9 Å². The minimum Gasteiger partial charge on any atom is -0.472 e. The van der Waals surface area contributed by atoms with E-state index in [-0.39, 0.29) is 23.3 Å². The minimum atomic E-state index is -0.323. The number of rotatable bonds is 4. The van der Waals surface area contributed by atoms with E-state index in [0.29, 0.717) is 11.5 Å². The fourth-order valence-electron chi connectivity index (χ4n) is 1.33. The van der Waals surface area contributed by atoms with Crippen LogP contribution in [0.5, 0.6) is 5.88 Å². The lowest BCUT2D eigenvalue weighted by Crippen LogP contribution is -2.03. The van der Waals surface area contributed by atoms with Crippen molar-refractivity contribution in [2.45, 2.75) is 6.61 Å². The zero-order valence-electron chi connectivity index (χ0n) is 9.65. The number of aromatic nitrogens is 2. The summed E-state index contributed by atoms with van der Waals surface area (Å²) in [6.07, 6.45) is 1.43. The number of benzene rings is 1. The van der Waals surface area contributed by atoms with Crippen LogP contribution in [0.25, 0.3) is 0 Å². The fourth-order valence-corrected chi connectivity index (χ4v) is 1.48. The molecule has 2 aromatic rings. The topological polar surface area (TPSA) is 47.0 Å². The number of nitrogens with one attached hydrogen (secondary N) is 1. The Labute approximate surface area is 109 Å². The maximum Gasteiger partial charge on any atom is 0.237 e. The molecule has 0 aliphatic carbocycles. The number of anilines is 1. The van der Waals surface area contributed by atoms with E-state index < -0.39 is 0 Å². The van der Waals surface area contributed by atoms with Gasteiger partial charge < -0.3 is 10.1 Å². The summed E-state index contributed by atoms with van der Waals surface area (Å²) < 4.78 is 18.8. The average molecular weight is 268 g/mol. The normalized spacial score (nSPS) is 10.2. The molecule has 2 rings (SSSR count). The molecule has 0 unspecified atom stereocenters. The highest BCUT2D eigenvalue weighted by atomic mass is 35.5. The zero-order chi connectivity index (χ0) is 13.0. The Hall–Kier alpha value is -1.88. The smallest absolute Gasteiger partial charge is 0.237 e. The Morgan fingerprint density at radius 1 is 1.39 bits per heavy atom. The van der Waals surface area contributed by atoms with Crippen molar-refractivity contribution >= 4 is 17.5 Å². The molecule has 18 heavy (non-hydrogen) atoms. The SMILES string of the molecule is CNc1ncc(Cl)c(OCc2ccccc2F)n1. The molecule has 0 bridgehead atoms. The first-order valence-corrected chi connectivity index (χ1v) is 5.65. The van der Waals surface area contributed by atoms with Crippen molar-refractivity contribution < 1.29 is 9.13 Å². The Balaban J connectivity index is 2.13. The van der Waals surface area contributed by atoms with Crippen molar-refractivity contribution in [3.8, 4) is 5.88 Å². The van der Waals surface area contributed by atoms with Gasteiger partial charge in [-0.1, -0.05) is 29.8 Å². The average Bonchev–Trinajstić information content (AvgIpc) is 2.39. The van der Waals surface area contributed by atoms with Crippen LogP contribution in [0.1, 0.15) is 5.56 Å². The van der Waals surface area contributed by atoms with E-state index in [1.165, 1.54) is 12.3 Å². The monoisotopic (exact) mass is 267 g/mol. The van der Waals surface area contributed by atoms with Crippen LogP contribution in [-0.4, -0.2) is 17.0 Å². The van der Waals surface area contributed by atoms with Gasteiger partial charge in [-0.2, -0.15) is 4.98 Å². The maximum absolute atomic E-state index is 13.4. The highest BCUT2D eigenvalue weighted by Crippen LogP contribution is 2.23. The summed E-state index contributed by atoms with van der Waals surface area (Å²) >= 11 is 5.89. The lowest BCUT2D eigenvalue weighted by atomic mass is 10.2. The largest absolute Gasteiger partial charge is 0.472 e. The molecule has 1 aromatic heterocycles. The minimum absolute atomic E-state index is 0.0621. The first kappa shape index (κ1) is 12.6. The Morgan fingerprint density at radius 3 is 2.89 bits per heavy atom. The van der Waals surface area contributed by atoms with Crippen LogP contribution >= 0.6 is 11.6 Å². The summed E-state index contributed by atoms with van der Waals surface area (Å²) in [6.45, 7) is 0.0621. The molecule has 1 N–H and O–H groups in total. The van der Waals surface area contributed by atoms with Gasteiger partial charge in [0.25, 0.3) is 0 Å². The third kappa shape index (κ3) is 2.87. The lowest BCUT2D eigenvalue weighted by molar-refractivity contribution is 0.288. The standard InChI is InChI=1S/C12H11ClFN3O/c1-15-12-16-6-9(13)11(17-12)18-7-8-4-2-3-5-10(8)14/h2-6H,7H2,1H3,(H,15,16,17). The molecule has 6 heteroatoms. The van der Waals surface area contributed by atoms with Gasteiger partial charge in [-0.3, -0.25) is 0 Å². The Kier molecular flexibility index (Phi) is 3.94. The molecule has 0 saturated heterocycles. The van der Waals surface area contributed by atoms with Crippen molar-refractivity contribution in [1.82, 2.24) is 9.97 Å². The molecule has 0 aliphatic heterocycles. The number of ether oxygens (including phenoxy) is 1. The molecule has 0 fully saturated rings. The van der Waals surface area contributed by atoms with Crippen LogP contribution in [0.2, 0.25) is 5.02 Å². The van der Waals surface area contributed by atoms with E-state index in [2.05, 4.69) is 15.3 Å². The number of hydrogen-bond acceptors (Lipinski definition) is 4. The highest BCUT2D eigenvalue weighted by molar-refractivity contribution is 6.31. The number of halogens is 2. The number of hydrogen-bond donors (Lipinski definition) is 1.